The molecule has 96 valence electrons. The van der Waals surface area contributed by atoms with Crippen LogP contribution in [-0.2, 0) is 13.1 Å². The van der Waals surface area contributed by atoms with Crippen LogP contribution < -0.4 is 5.73 Å². The first-order valence-electron chi connectivity index (χ1n) is 6.19. The largest absolute Gasteiger partial charge is 0.399 e. The average molecular weight is 251 g/mol. The first kappa shape index (κ1) is 13.1. The van der Waals surface area contributed by atoms with Gasteiger partial charge in [0, 0.05) is 18.8 Å². The molecular formula is C16H17N3. The van der Waals surface area contributed by atoms with Gasteiger partial charge in [0.15, 0.2) is 0 Å². The van der Waals surface area contributed by atoms with Crippen LogP contribution in [0.1, 0.15) is 16.7 Å². The van der Waals surface area contributed by atoms with Crippen LogP contribution in [0, 0.1) is 11.3 Å². The average Bonchev–Trinajstić information content (AvgIpc) is 2.42. The fraction of sp³-hybridized carbons (Fsp3) is 0.188. The van der Waals surface area contributed by atoms with E-state index in [1.807, 2.05) is 48.5 Å². The fourth-order valence-corrected chi connectivity index (χ4v) is 1.99. The SMILES string of the molecule is CN(Cc1ccc(N)cc1)Cc1ccc(C#N)cc1. The molecule has 2 rings (SSSR count). The van der Waals surface area contributed by atoms with E-state index in [0.29, 0.717) is 5.56 Å². The summed E-state index contributed by atoms with van der Waals surface area (Å²) in [6.07, 6.45) is 0. The molecule has 0 unspecified atom stereocenters. The Morgan fingerprint density at radius 1 is 0.947 bits per heavy atom. The van der Waals surface area contributed by atoms with Crippen molar-refractivity contribution in [3.63, 3.8) is 0 Å². The summed E-state index contributed by atoms with van der Waals surface area (Å²) in [5.74, 6) is 0. The summed E-state index contributed by atoms with van der Waals surface area (Å²) in [5, 5.41) is 8.76. The van der Waals surface area contributed by atoms with Crippen LogP contribution in [0.5, 0.6) is 0 Å². The van der Waals surface area contributed by atoms with Crippen LogP contribution in [0.4, 0.5) is 5.69 Å². The Morgan fingerprint density at radius 2 is 1.42 bits per heavy atom. The second kappa shape index (κ2) is 6.03. The minimum absolute atomic E-state index is 0.699. The van der Waals surface area contributed by atoms with Gasteiger partial charge in [-0.2, -0.15) is 5.26 Å². The number of nitrogen functional groups attached to an aromatic ring is 1. The molecule has 0 radical (unpaired) electrons. The van der Waals surface area contributed by atoms with Crippen molar-refractivity contribution in [1.82, 2.24) is 4.90 Å². The van der Waals surface area contributed by atoms with E-state index in [1.165, 1.54) is 11.1 Å². The lowest BCUT2D eigenvalue weighted by Gasteiger charge is -2.17. The molecule has 0 spiro atoms. The lowest BCUT2D eigenvalue weighted by molar-refractivity contribution is 0.319. The van der Waals surface area contributed by atoms with E-state index >= 15 is 0 Å². The summed E-state index contributed by atoms with van der Waals surface area (Å²) >= 11 is 0. The zero-order valence-corrected chi connectivity index (χ0v) is 11.0. The second-order valence-corrected chi connectivity index (χ2v) is 4.72. The molecule has 0 heterocycles. The van der Waals surface area contributed by atoms with Crippen molar-refractivity contribution in [2.75, 3.05) is 12.8 Å². The van der Waals surface area contributed by atoms with Gasteiger partial charge in [0.1, 0.15) is 0 Å². The molecule has 0 saturated carbocycles. The molecule has 2 aromatic carbocycles. The Hall–Kier alpha value is -2.31. The van der Waals surface area contributed by atoms with E-state index < -0.39 is 0 Å². The molecule has 0 bridgehead atoms. The quantitative estimate of drug-likeness (QED) is 0.850. The van der Waals surface area contributed by atoms with Crippen molar-refractivity contribution in [3.8, 4) is 6.07 Å². The highest BCUT2D eigenvalue weighted by Crippen LogP contribution is 2.11. The molecule has 2 aromatic rings. The maximum atomic E-state index is 8.76. The topological polar surface area (TPSA) is 53.0 Å². The highest BCUT2D eigenvalue weighted by Gasteiger charge is 2.02. The highest BCUT2D eigenvalue weighted by atomic mass is 15.1. The number of anilines is 1. The van der Waals surface area contributed by atoms with E-state index in [1.54, 1.807) is 0 Å². The van der Waals surface area contributed by atoms with Crippen LogP contribution >= 0.6 is 0 Å². The molecule has 0 aliphatic heterocycles. The van der Waals surface area contributed by atoms with Gasteiger partial charge in [-0.1, -0.05) is 24.3 Å². The number of nitriles is 1. The fourth-order valence-electron chi connectivity index (χ4n) is 1.99. The van der Waals surface area contributed by atoms with Gasteiger partial charge in [-0.3, -0.25) is 4.90 Å². The van der Waals surface area contributed by atoms with Gasteiger partial charge in [-0.15, -0.1) is 0 Å². The summed E-state index contributed by atoms with van der Waals surface area (Å²) in [6, 6.07) is 17.8. The number of hydrogen-bond acceptors (Lipinski definition) is 3. The van der Waals surface area contributed by atoms with Crippen LogP contribution in [0.15, 0.2) is 48.5 Å². The molecular weight excluding hydrogens is 234 g/mol. The first-order chi connectivity index (χ1) is 9.17. The maximum absolute atomic E-state index is 8.76. The third-order valence-electron chi connectivity index (χ3n) is 2.97. The molecule has 19 heavy (non-hydrogen) atoms. The third-order valence-corrected chi connectivity index (χ3v) is 2.97. The minimum atomic E-state index is 0.699. The number of benzene rings is 2. The summed E-state index contributed by atoms with van der Waals surface area (Å²) in [5.41, 5.74) is 9.60. The number of nitrogens with two attached hydrogens (primary N) is 1. The van der Waals surface area contributed by atoms with Crippen molar-refractivity contribution in [2.45, 2.75) is 13.1 Å². The number of nitrogens with zero attached hydrogens (tertiary/aromatic N) is 2. The van der Waals surface area contributed by atoms with E-state index in [-0.39, 0.29) is 0 Å². The van der Waals surface area contributed by atoms with Gasteiger partial charge >= 0.3 is 0 Å². The van der Waals surface area contributed by atoms with Crippen LogP contribution in [0.25, 0.3) is 0 Å². The summed E-state index contributed by atoms with van der Waals surface area (Å²) in [7, 11) is 2.08. The Labute approximate surface area is 113 Å². The zero-order valence-electron chi connectivity index (χ0n) is 11.0. The molecule has 0 atom stereocenters. The Balaban J connectivity index is 1.95. The van der Waals surface area contributed by atoms with Gasteiger partial charge in [0.05, 0.1) is 11.6 Å². The van der Waals surface area contributed by atoms with Gasteiger partial charge in [-0.25, -0.2) is 0 Å². The maximum Gasteiger partial charge on any atom is 0.0991 e. The molecule has 0 fully saturated rings. The van der Waals surface area contributed by atoms with Gasteiger partial charge in [-0.05, 0) is 42.4 Å². The monoisotopic (exact) mass is 251 g/mol. The molecule has 0 saturated heterocycles. The normalized spacial score (nSPS) is 10.4. The zero-order chi connectivity index (χ0) is 13.7. The van der Waals surface area contributed by atoms with Crippen molar-refractivity contribution in [2.24, 2.45) is 0 Å². The van der Waals surface area contributed by atoms with Crippen LogP contribution in [-0.4, -0.2) is 11.9 Å². The number of rotatable bonds is 4. The standard InChI is InChI=1S/C16H17N3/c1-19(12-15-6-8-16(18)9-7-15)11-14-4-2-13(10-17)3-5-14/h2-9H,11-12,18H2,1H3. The summed E-state index contributed by atoms with van der Waals surface area (Å²) in [4.78, 5) is 2.23. The van der Waals surface area contributed by atoms with Crippen LogP contribution in [0.3, 0.4) is 0 Å². The Kier molecular flexibility index (Phi) is 4.17. The molecule has 0 amide bonds. The van der Waals surface area contributed by atoms with Gasteiger partial charge in [0.2, 0.25) is 0 Å². The molecule has 0 aromatic heterocycles. The van der Waals surface area contributed by atoms with Crippen molar-refractivity contribution < 1.29 is 0 Å². The Bertz CT molecular complexity index is 564. The lowest BCUT2D eigenvalue weighted by Crippen LogP contribution is -2.17. The first-order valence-corrected chi connectivity index (χ1v) is 6.19. The predicted molar refractivity (Wildman–Crippen MR) is 77.2 cm³/mol. The van der Waals surface area contributed by atoms with Crippen molar-refractivity contribution in [3.05, 3.63) is 65.2 Å². The van der Waals surface area contributed by atoms with Crippen molar-refractivity contribution in [1.29, 1.82) is 5.26 Å². The molecule has 0 aliphatic rings. The lowest BCUT2D eigenvalue weighted by atomic mass is 10.1. The van der Waals surface area contributed by atoms with E-state index in [4.69, 9.17) is 11.0 Å². The summed E-state index contributed by atoms with van der Waals surface area (Å²) in [6.45, 7) is 1.73. The minimum Gasteiger partial charge on any atom is -0.399 e. The smallest absolute Gasteiger partial charge is 0.0991 e. The molecule has 2 N–H and O–H groups in total. The highest BCUT2D eigenvalue weighted by molar-refractivity contribution is 5.39. The molecule has 3 heteroatoms. The van der Waals surface area contributed by atoms with Gasteiger partial charge in [0.25, 0.3) is 0 Å². The second-order valence-electron chi connectivity index (χ2n) is 4.72. The molecule has 0 aliphatic carbocycles. The van der Waals surface area contributed by atoms with Crippen molar-refractivity contribution >= 4 is 5.69 Å². The molecule has 3 nitrogen and oxygen atoms in total. The van der Waals surface area contributed by atoms with E-state index in [9.17, 15) is 0 Å². The van der Waals surface area contributed by atoms with E-state index in [0.717, 1.165) is 18.8 Å². The van der Waals surface area contributed by atoms with Gasteiger partial charge < -0.3 is 5.73 Å². The number of hydrogen-bond donors (Lipinski definition) is 1. The predicted octanol–water partition coefficient (Wildman–Crippen LogP) is 2.77. The van der Waals surface area contributed by atoms with E-state index in [2.05, 4.69) is 18.0 Å². The third kappa shape index (κ3) is 3.84. The van der Waals surface area contributed by atoms with Crippen LogP contribution in [0.2, 0.25) is 0 Å². The summed E-state index contributed by atoms with van der Waals surface area (Å²) < 4.78 is 0. The Morgan fingerprint density at radius 3 is 1.89 bits per heavy atom.